The number of carbonyl (C=O) groups is 1. The topological polar surface area (TPSA) is 55.1 Å². The maximum atomic E-state index is 10.9. The molecule has 1 aromatic carbocycles. The summed E-state index contributed by atoms with van der Waals surface area (Å²) in [4.78, 5) is 10.9. The molecule has 0 aromatic heterocycles. The summed E-state index contributed by atoms with van der Waals surface area (Å²) in [6, 6.07) is 7.63. The number of nitrogens with two attached hydrogens (primary N) is 1. The molecule has 94 valence electrons. The van der Waals surface area contributed by atoms with Gasteiger partial charge in [-0.15, -0.1) is 12.4 Å². The van der Waals surface area contributed by atoms with E-state index in [9.17, 15) is 4.79 Å². The summed E-state index contributed by atoms with van der Waals surface area (Å²) in [7, 11) is 0. The molecule has 4 heteroatoms. The van der Waals surface area contributed by atoms with Gasteiger partial charge in [-0.1, -0.05) is 12.1 Å². The average Bonchev–Trinajstić information content (AvgIpc) is 2.80. The van der Waals surface area contributed by atoms with Crippen LogP contribution >= 0.6 is 12.4 Å². The largest absolute Gasteiger partial charge is 0.366 e. The van der Waals surface area contributed by atoms with Crippen molar-refractivity contribution in [3.05, 3.63) is 35.4 Å². The van der Waals surface area contributed by atoms with E-state index < -0.39 is 0 Å². The lowest BCUT2D eigenvalue weighted by molar-refractivity contribution is 0.100. The third-order valence-electron chi connectivity index (χ3n) is 3.24. The molecule has 1 atom stereocenters. The second-order valence-electron chi connectivity index (χ2n) is 4.46. The van der Waals surface area contributed by atoms with Crippen LogP contribution in [0.2, 0.25) is 0 Å². The number of nitrogens with one attached hydrogen (secondary N) is 1. The van der Waals surface area contributed by atoms with Crippen LogP contribution in [0.1, 0.15) is 28.8 Å². The number of amides is 1. The van der Waals surface area contributed by atoms with Crippen LogP contribution in [-0.2, 0) is 6.42 Å². The lowest BCUT2D eigenvalue weighted by atomic mass is 9.98. The summed E-state index contributed by atoms with van der Waals surface area (Å²) in [5.41, 5.74) is 7.07. The van der Waals surface area contributed by atoms with Crippen molar-refractivity contribution < 1.29 is 4.79 Å². The van der Waals surface area contributed by atoms with Crippen molar-refractivity contribution in [3.8, 4) is 0 Å². The van der Waals surface area contributed by atoms with Crippen LogP contribution in [0.15, 0.2) is 24.3 Å². The first-order chi connectivity index (χ1) is 7.75. The van der Waals surface area contributed by atoms with E-state index in [2.05, 4.69) is 5.32 Å². The highest BCUT2D eigenvalue weighted by Crippen LogP contribution is 2.16. The van der Waals surface area contributed by atoms with Gasteiger partial charge in [-0.25, -0.2) is 0 Å². The third kappa shape index (κ3) is 4.02. The van der Waals surface area contributed by atoms with Crippen molar-refractivity contribution in [2.45, 2.75) is 19.3 Å². The van der Waals surface area contributed by atoms with Crippen molar-refractivity contribution in [1.82, 2.24) is 5.32 Å². The van der Waals surface area contributed by atoms with Gasteiger partial charge in [-0.3, -0.25) is 4.79 Å². The van der Waals surface area contributed by atoms with Crippen LogP contribution in [-0.4, -0.2) is 19.0 Å². The van der Waals surface area contributed by atoms with Crippen LogP contribution in [0.25, 0.3) is 0 Å². The summed E-state index contributed by atoms with van der Waals surface area (Å²) < 4.78 is 0. The minimum atomic E-state index is -0.355. The molecule has 1 amide bonds. The molecular formula is C13H19ClN2O. The molecule has 0 bridgehead atoms. The zero-order valence-electron chi connectivity index (χ0n) is 9.82. The van der Waals surface area contributed by atoms with Gasteiger partial charge in [0.25, 0.3) is 0 Å². The molecule has 0 saturated carbocycles. The van der Waals surface area contributed by atoms with Crippen LogP contribution in [0.4, 0.5) is 0 Å². The standard InChI is InChI=1S/C13H18N2O.ClH/c14-13(16)12-5-3-10(4-6-12)1-2-11-7-8-15-9-11;/h3-6,11,15H,1-2,7-9H2,(H2,14,16);1H. The van der Waals surface area contributed by atoms with E-state index in [1.807, 2.05) is 24.3 Å². The Hall–Kier alpha value is -1.06. The van der Waals surface area contributed by atoms with Gasteiger partial charge in [0.15, 0.2) is 0 Å². The van der Waals surface area contributed by atoms with Crippen LogP contribution in [0.3, 0.4) is 0 Å². The van der Waals surface area contributed by atoms with E-state index in [1.165, 1.54) is 18.4 Å². The zero-order valence-corrected chi connectivity index (χ0v) is 10.6. The Kier molecular flexibility index (Phi) is 5.45. The van der Waals surface area contributed by atoms with Gasteiger partial charge < -0.3 is 11.1 Å². The number of hydrogen-bond acceptors (Lipinski definition) is 2. The molecule has 17 heavy (non-hydrogen) atoms. The SMILES string of the molecule is Cl.NC(=O)c1ccc(CCC2CCNC2)cc1. The molecule has 1 aromatic rings. The first kappa shape index (κ1) is 14.0. The average molecular weight is 255 g/mol. The number of aryl methyl sites for hydroxylation is 1. The molecule has 1 heterocycles. The number of rotatable bonds is 4. The van der Waals surface area contributed by atoms with Gasteiger partial charge in [-0.2, -0.15) is 0 Å². The Labute approximate surface area is 108 Å². The van der Waals surface area contributed by atoms with Crippen molar-refractivity contribution in [3.63, 3.8) is 0 Å². The highest BCUT2D eigenvalue weighted by atomic mass is 35.5. The molecule has 1 unspecified atom stereocenters. The summed E-state index contributed by atoms with van der Waals surface area (Å²) in [5.74, 6) is 0.461. The number of halogens is 1. The predicted octanol–water partition coefficient (Wildman–Crippen LogP) is 1.75. The summed E-state index contributed by atoms with van der Waals surface area (Å²) in [6.07, 6.45) is 3.60. The first-order valence-electron chi connectivity index (χ1n) is 5.85. The minimum absolute atomic E-state index is 0. The summed E-state index contributed by atoms with van der Waals surface area (Å²) in [5, 5.41) is 3.37. The fourth-order valence-electron chi connectivity index (χ4n) is 2.17. The van der Waals surface area contributed by atoms with Gasteiger partial charge in [0.05, 0.1) is 0 Å². The van der Waals surface area contributed by atoms with Crippen molar-refractivity contribution in [2.75, 3.05) is 13.1 Å². The fraction of sp³-hybridized carbons (Fsp3) is 0.462. The van der Waals surface area contributed by atoms with Crippen molar-refractivity contribution >= 4 is 18.3 Å². The Bertz CT molecular complexity index is 358. The molecule has 1 aliphatic rings. The van der Waals surface area contributed by atoms with E-state index in [-0.39, 0.29) is 18.3 Å². The highest BCUT2D eigenvalue weighted by Gasteiger charge is 2.13. The summed E-state index contributed by atoms with van der Waals surface area (Å²) in [6.45, 7) is 2.31. The second kappa shape index (κ2) is 6.62. The first-order valence-corrected chi connectivity index (χ1v) is 5.85. The van der Waals surface area contributed by atoms with Crippen LogP contribution in [0.5, 0.6) is 0 Å². The number of carbonyl (C=O) groups excluding carboxylic acids is 1. The molecular weight excluding hydrogens is 236 g/mol. The molecule has 0 aliphatic carbocycles. The Balaban J connectivity index is 0.00000144. The minimum Gasteiger partial charge on any atom is -0.366 e. The fourth-order valence-corrected chi connectivity index (χ4v) is 2.17. The predicted molar refractivity (Wildman–Crippen MR) is 71.5 cm³/mol. The monoisotopic (exact) mass is 254 g/mol. The molecule has 1 fully saturated rings. The molecule has 1 aliphatic heterocycles. The molecule has 3 N–H and O–H groups in total. The van der Waals surface area contributed by atoms with Gasteiger partial charge in [0, 0.05) is 5.56 Å². The van der Waals surface area contributed by atoms with E-state index >= 15 is 0 Å². The van der Waals surface area contributed by atoms with Crippen LogP contribution < -0.4 is 11.1 Å². The van der Waals surface area contributed by atoms with Gasteiger partial charge in [-0.05, 0) is 56.0 Å². The van der Waals surface area contributed by atoms with Crippen LogP contribution in [0, 0.1) is 5.92 Å². The quantitative estimate of drug-likeness (QED) is 0.860. The van der Waals surface area contributed by atoms with Gasteiger partial charge >= 0.3 is 0 Å². The third-order valence-corrected chi connectivity index (χ3v) is 3.24. The highest BCUT2D eigenvalue weighted by molar-refractivity contribution is 5.92. The zero-order chi connectivity index (χ0) is 11.4. The molecule has 1 saturated heterocycles. The summed E-state index contributed by atoms with van der Waals surface area (Å²) >= 11 is 0. The van der Waals surface area contributed by atoms with Gasteiger partial charge in [0.2, 0.25) is 5.91 Å². The lowest BCUT2D eigenvalue weighted by Gasteiger charge is -2.07. The Morgan fingerprint density at radius 1 is 1.35 bits per heavy atom. The smallest absolute Gasteiger partial charge is 0.248 e. The van der Waals surface area contributed by atoms with Crippen molar-refractivity contribution in [1.29, 1.82) is 0 Å². The number of hydrogen-bond donors (Lipinski definition) is 2. The van der Waals surface area contributed by atoms with E-state index in [1.54, 1.807) is 0 Å². The van der Waals surface area contributed by atoms with Crippen molar-refractivity contribution in [2.24, 2.45) is 11.7 Å². The normalized spacial score (nSPS) is 18.7. The molecule has 0 spiro atoms. The lowest BCUT2D eigenvalue weighted by Crippen LogP contribution is -2.11. The molecule has 2 rings (SSSR count). The second-order valence-corrected chi connectivity index (χ2v) is 4.46. The number of benzene rings is 1. The Morgan fingerprint density at radius 3 is 2.59 bits per heavy atom. The maximum absolute atomic E-state index is 10.9. The molecule has 3 nitrogen and oxygen atoms in total. The van der Waals surface area contributed by atoms with E-state index in [0.29, 0.717) is 5.56 Å². The van der Waals surface area contributed by atoms with E-state index in [4.69, 9.17) is 5.73 Å². The van der Waals surface area contributed by atoms with E-state index in [0.717, 1.165) is 25.4 Å². The number of primary amides is 1. The Morgan fingerprint density at radius 2 is 2.06 bits per heavy atom. The maximum Gasteiger partial charge on any atom is 0.248 e. The van der Waals surface area contributed by atoms with Gasteiger partial charge in [0.1, 0.15) is 0 Å². The molecule has 0 radical (unpaired) electrons.